The van der Waals surface area contributed by atoms with Crippen molar-refractivity contribution in [1.29, 1.82) is 0 Å². The van der Waals surface area contributed by atoms with Gasteiger partial charge in [0.2, 0.25) is 10.0 Å². The minimum Gasteiger partial charge on any atom is -0.397 e. The lowest BCUT2D eigenvalue weighted by atomic mass is 10.2. The van der Waals surface area contributed by atoms with E-state index in [1.54, 1.807) is 0 Å². The molecular weight excluding hydrogens is 300 g/mol. The number of halogens is 1. The number of aliphatic hydroxyl groups excluding tert-OH is 1. The molecule has 0 aliphatic carbocycles. The molecule has 0 aromatic heterocycles. The molecule has 0 radical (unpaired) electrons. The summed E-state index contributed by atoms with van der Waals surface area (Å²) in [6, 6.07) is 4.10. The van der Waals surface area contributed by atoms with Crippen molar-refractivity contribution >= 4 is 27.3 Å². The van der Waals surface area contributed by atoms with E-state index in [1.165, 1.54) is 22.5 Å². The SMILES string of the molecule is CCC(CC)N(CCO)S(=O)(=O)c1ccc(Cl)c(N)c1. The van der Waals surface area contributed by atoms with Gasteiger partial charge in [-0.15, -0.1) is 0 Å². The van der Waals surface area contributed by atoms with E-state index in [9.17, 15) is 8.42 Å². The van der Waals surface area contributed by atoms with Crippen LogP contribution in [-0.4, -0.2) is 37.0 Å². The zero-order valence-corrected chi connectivity index (χ0v) is 13.3. The predicted octanol–water partition coefficient (Wildman–Crippen LogP) is 2.09. The number of sulfonamides is 1. The highest BCUT2D eigenvalue weighted by molar-refractivity contribution is 7.89. The average Bonchev–Trinajstić information content (AvgIpc) is 2.42. The second-order valence-electron chi connectivity index (χ2n) is 4.49. The number of hydrogen-bond donors (Lipinski definition) is 2. The van der Waals surface area contributed by atoms with Crippen LogP contribution >= 0.6 is 11.6 Å². The van der Waals surface area contributed by atoms with Gasteiger partial charge in [0.15, 0.2) is 0 Å². The highest BCUT2D eigenvalue weighted by atomic mass is 35.5. The van der Waals surface area contributed by atoms with Gasteiger partial charge in [-0.25, -0.2) is 8.42 Å². The second-order valence-corrected chi connectivity index (χ2v) is 6.79. The van der Waals surface area contributed by atoms with Gasteiger partial charge >= 0.3 is 0 Å². The van der Waals surface area contributed by atoms with Crippen molar-refractivity contribution in [2.45, 2.75) is 37.6 Å². The lowest BCUT2D eigenvalue weighted by Gasteiger charge is -2.29. The van der Waals surface area contributed by atoms with Crippen molar-refractivity contribution < 1.29 is 13.5 Å². The van der Waals surface area contributed by atoms with Gasteiger partial charge in [-0.1, -0.05) is 25.4 Å². The molecule has 3 N–H and O–H groups in total. The van der Waals surface area contributed by atoms with Crippen LogP contribution in [0.25, 0.3) is 0 Å². The molecule has 0 aliphatic rings. The first kappa shape index (κ1) is 17.2. The Morgan fingerprint density at radius 2 is 1.95 bits per heavy atom. The Labute approximate surface area is 125 Å². The van der Waals surface area contributed by atoms with Crippen LogP contribution in [0.15, 0.2) is 23.1 Å². The average molecular weight is 321 g/mol. The zero-order valence-electron chi connectivity index (χ0n) is 11.7. The van der Waals surface area contributed by atoms with Crippen LogP contribution in [-0.2, 0) is 10.0 Å². The van der Waals surface area contributed by atoms with Crippen molar-refractivity contribution in [3.8, 4) is 0 Å². The van der Waals surface area contributed by atoms with Crippen LogP contribution in [0.3, 0.4) is 0 Å². The second kappa shape index (κ2) is 7.26. The molecule has 0 bridgehead atoms. The summed E-state index contributed by atoms with van der Waals surface area (Å²) in [7, 11) is -3.69. The van der Waals surface area contributed by atoms with Crippen LogP contribution in [0, 0.1) is 0 Å². The molecule has 0 aliphatic heterocycles. The van der Waals surface area contributed by atoms with Crippen molar-refractivity contribution in [3.05, 3.63) is 23.2 Å². The Balaban J connectivity index is 3.24. The maximum atomic E-state index is 12.7. The fraction of sp³-hybridized carbons (Fsp3) is 0.538. The number of hydrogen-bond acceptors (Lipinski definition) is 4. The number of aliphatic hydroxyl groups is 1. The summed E-state index contributed by atoms with van der Waals surface area (Å²) < 4.78 is 26.7. The van der Waals surface area contributed by atoms with Gasteiger partial charge in [0.05, 0.1) is 22.2 Å². The molecule has 0 unspecified atom stereocenters. The van der Waals surface area contributed by atoms with Crippen molar-refractivity contribution in [1.82, 2.24) is 4.31 Å². The molecule has 0 amide bonds. The molecule has 1 aromatic rings. The van der Waals surface area contributed by atoms with E-state index in [1.807, 2.05) is 13.8 Å². The first-order valence-corrected chi connectivity index (χ1v) is 8.38. The van der Waals surface area contributed by atoms with E-state index in [-0.39, 0.29) is 29.8 Å². The van der Waals surface area contributed by atoms with Crippen LogP contribution in [0.5, 0.6) is 0 Å². The normalized spacial score (nSPS) is 12.3. The minimum atomic E-state index is -3.69. The summed E-state index contributed by atoms with van der Waals surface area (Å²) in [4.78, 5) is 0.0970. The summed E-state index contributed by atoms with van der Waals surface area (Å²) in [6.45, 7) is 3.69. The number of benzene rings is 1. The third kappa shape index (κ3) is 3.63. The van der Waals surface area contributed by atoms with E-state index in [0.717, 1.165) is 0 Å². The largest absolute Gasteiger partial charge is 0.397 e. The summed E-state index contributed by atoms with van der Waals surface area (Å²) in [5.41, 5.74) is 5.89. The molecule has 0 atom stereocenters. The van der Waals surface area contributed by atoms with E-state index >= 15 is 0 Å². The summed E-state index contributed by atoms with van der Waals surface area (Å²) in [5.74, 6) is 0. The third-order valence-corrected chi connectivity index (χ3v) is 5.54. The Hall–Kier alpha value is -0.820. The van der Waals surface area contributed by atoms with Gasteiger partial charge in [-0.3, -0.25) is 0 Å². The number of nitrogens with two attached hydrogens (primary N) is 1. The molecule has 0 heterocycles. The molecule has 7 heteroatoms. The Morgan fingerprint density at radius 1 is 1.35 bits per heavy atom. The Morgan fingerprint density at radius 3 is 2.40 bits per heavy atom. The zero-order chi connectivity index (χ0) is 15.3. The molecule has 0 spiro atoms. The number of nitrogens with zero attached hydrogens (tertiary/aromatic N) is 1. The van der Waals surface area contributed by atoms with Gasteiger partial charge in [0, 0.05) is 12.6 Å². The molecular formula is C13H21ClN2O3S. The van der Waals surface area contributed by atoms with E-state index < -0.39 is 10.0 Å². The van der Waals surface area contributed by atoms with E-state index in [4.69, 9.17) is 22.4 Å². The maximum absolute atomic E-state index is 12.7. The molecule has 0 saturated heterocycles. The monoisotopic (exact) mass is 320 g/mol. The van der Waals surface area contributed by atoms with Crippen LogP contribution in [0.4, 0.5) is 5.69 Å². The molecule has 0 saturated carbocycles. The maximum Gasteiger partial charge on any atom is 0.243 e. The van der Waals surface area contributed by atoms with Crippen molar-refractivity contribution in [2.24, 2.45) is 0 Å². The summed E-state index contributed by atoms with van der Waals surface area (Å²) in [6.07, 6.45) is 1.36. The smallest absolute Gasteiger partial charge is 0.243 e. The van der Waals surface area contributed by atoms with Gasteiger partial charge in [0.1, 0.15) is 0 Å². The van der Waals surface area contributed by atoms with Gasteiger partial charge in [0.25, 0.3) is 0 Å². The Kier molecular flexibility index (Phi) is 6.26. The summed E-state index contributed by atoms with van der Waals surface area (Å²) in [5, 5.41) is 9.45. The molecule has 0 fully saturated rings. The quantitative estimate of drug-likeness (QED) is 0.753. The molecule has 20 heavy (non-hydrogen) atoms. The summed E-state index contributed by atoms with van der Waals surface area (Å²) >= 11 is 5.82. The molecule has 1 aromatic carbocycles. The first-order valence-electron chi connectivity index (χ1n) is 6.56. The lowest BCUT2D eigenvalue weighted by molar-refractivity contribution is 0.219. The van der Waals surface area contributed by atoms with Crippen LogP contribution < -0.4 is 5.73 Å². The number of anilines is 1. The van der Waals surface area contributed by atoms with Gasteiger partial charge in [-0.05, 0) is 31.0 Å². The topological polar surface area (TPSA) is 83.6 Å². The highest BCUT2D eigenvalue weighted by Gasteiger charge is 2.29. The number of nitrogen functional groups attached to an aromatic ring is 1. The fourth-order valence-corrected chi connectivity index (χ4v) is 4.03. The third-order valence-electron chi connectivity index (χ3n) is 3.24. The highest BCUT2D eigenvalue weighted by Crippen LogP contribution is 2.26. The van der Waals surface area contributed by atoms with Crippen molar-refractivity contribution in [2.75, 3.05) is 18.9 Å². The molecule has 114 valence electrons. The molecule has 5 nitrogen and oxygen atoms in total. The molecule has 1 rings (SSSR count). The van der Waals surface area contributed by atoms with Gasteiger partial charge < -0.3 is 10.8 Å². The van der Waals surface area contributed by atoms with Crippen LogP contribution in [0.1, 0.15) is 26.7 Å². The Bertz CT molecular complexity index is 545. The van der Waals surface area contributed by atoms with Crippen LogP contribution in [0.2, 0.25) is 5.02 Å². The predicted molar refractivity (Wildman–Crippen MR) is 81.2 cm³/mol. The standard InChI is InChI=1S/C13H21ClN2O3S/c1-3-10(4-2)16(7-8-17)20(18,19)11-5-6-12(14)13(15)9-11/h5-6,9-10,17H,3-4,7-8,15H2,1-2H3. The first-order chi connectivity index (χ1) is 9.38. The lowest BCUT2D eigenvalue weighted by Crippen LogP contribution is -2.41. The van der Waals surface area contributed by atoms with E-state index in [0.29, 0.717) is 17.9 Å². The van der Waals surface area contributed by atoms with E-state index in [2.05, 4.69) is 0 Å². The van der Waals surface area contributed by atoms with Gasteiger partial charge in [-0.2, -0.15) is 4.31 Å². The number of rotatable bonds is 7. The van der Waals surface area contributed by atoms with Crippen molar-refractivity contribution in [3.63, 3.8) is 0 Å². The minimum absolute atomic E-state index is 0.0667. The fourth-order valence-electron chi connectivity index (χ4n) is 2.11.